The van der Waals surface area contributed by atoms with Crippen LogP contribution in [0.2, 0.25) is 0 Å². The van der Waals surface area contributed by atoms with Crippen LogP contribution >= 0.6 is 11.6 Å². The molecule has 0 radical (unpaired) electrons. The maximum absolute atomic E-state index is 11.8. The summed E-state index contributed by atoms with van der Waals surface area (Å²) in [6.07, 6.45) is 1.11. The van der Waals surface area contributed by atoms with Gasteiger partial charge in [0.25, 0.3) is 5.95 Å². The number of anilines is 1. The number of amides is 1. The smallest absolute Gasteiger partial charge is 0.414 e. The number of halogens is 1. The number of carbonyl (C=O) groups excluding carboxylic acids is 1. The van der Waals surface area contributed by atoms with Gasteiger partial charge in [-0.15, -0.1) is 21.8 Å². The first-order valence-corrected chi connectivity index (χ1v) is 7.79. The van der Waals surface area contributed by atoms with Crippen molar-refractivity contribution in [2.45, 2.75) is 51.0 Å². The number of nitrogens with one attached hydrogen (secondary N) is 1. The second-order valence-electron chi connectivity index (χ2n) is 6.11. The van der Waals surface area contributed by atoms with E-state index in [4.69, 9.17) is 21.1 Å². The summed E-state index contributed by atoms with van der Waals surface area (Å²) in [7, 11) is 0. The normalized spacial score (nSPS) is 16.4. The highest BCUT2D eigenvalue weighted by Crippen LogP contribution is 2.28. The SMILES string of the molecule is CC(C)(C)OC(=O)Nc1nnc(CCl)c(C2CCOCC2)n1. The number of rotatable bonds is 3. The van der Waals surface area contributed by atoms with Crippen LogP contribution in [0.3, 0.4) is 0 Å². The Morgan fingerprint density at radius 2 is 2.05 bits per heavy atom. The summed E-state index contributed by atoms with van der Waals surface area (Å²) in [6.45, 7) is 6.73. The predicted molar refractivity (Wildman–Crippen MR) is 82.0 cm³/mol. The first-order valence-electron chi connectivity index (χ1n) is 7.26. The summed E-state index contributed by atoms with van der Waals surface area (Å²) in [6, 6.07) is 0. The molecule has 1 aliphatic heterocycles. The van der Waals surface area contributed by atoms with Crippen LogP contribution in [0.15, 0.2) is 0 Å². The number of aromatic nitrogens is 3. The van der Waals surface area contributed by atoms with Crippen molar-refractivity contribution in [1.82, 2.24) is 15.2 Å². The Labute approximate surface area is 134 Å². The second kappa shape index (κ2) is 7.19. The molecule has 0 spiro atoms. The lowest BCUT2D eigenvalue weighted by Gasteiger charge is -2.23. The molecule has 0 unspecified atom stereocenters. The Morgan fingerprint density at radius 3 is 2.64 bits per heavy atom. The predicted octanol–water partition coefficient (Wildman–Crippen LogP) is 2.85. The number of alkyl halides is 1. The van der Waals surface area contributed by atoms with Crippen LogP contribution in [-0.4, -0.2) is 40.1 Å². The lowest BCUT2D eigenvalue weighted by molar-refractivity contribution is 0.0634. The minimum atomic E-state index is -0.606. The standard InChI is InChI=1S/C14H21ClN4O3/c1-14(2,3)22-13(20)17-12-16-11(10(8-15)18-19-12)9-4-6-21-7-5-9/h9H,4-8H2,1-3H3,(H,16,17,19,20). The zero-order chi connectivity index (χ0) is 16.2. The fourth-order valence-corrected chi connectivity index (χ4v) is 2.39. The van der Waals surface area contributed by atoms with Crippen molar-refractivity contribution in [3.63, 3.8) is 0 Å². The van der Waals surface area contributed by atoms with Gasteiger partial charge in [-0.3, -0.25) is 5.32 Å². The monoisotopic (exact) mass is 328 g/mol. The molecule has 2 rings (SSSR count). The summed E-state index contributed by atoms with van der Waals surface area (Å²) in [4.78, 5) is 16.2. The molecule has 2 heterocycles. The molecule has 1 amide bonds. The van der Waals surface area contributed by atoms with E-state index in [1.807, 2.05) is 0 Å². The molecule has 1 saturated heterocycles. The Morgan fingerprint density at radius 1 is 1.36 bits per heavy atom. The van der Waals surface area contributed by atoms with Crippen molar-refractivity contribution in [2.24, 2.45) is 0 Å². The second-order valence-corrected chi connectivity index (χ2v) is 6.38. The van der Waals surface area contributed by atoms with Gasteiger partial charge in [0.05, 0.1) is 17.3 Å². The van der Waals surface area contributed by atoms with Crippen LogP contribution in [0.5, 0.6) is 0 Å². The van der Waals surface area contributed by atoms with Crippen molar-refractivity contribution >= 4 is 23.6 Å². The number of hydrogen-bond donors (Lipinski definition) is 1. The number of ether oxygens (including phenoxy) is 2. The molecule has 0 aromatic carbocycles. The van der Waals surface area contributed by atoms with E-state index in [2.05, 4.69) is 20.5 Å². The number of nitrogens with zero attached hydrogens (tertiary/aromatic N) is 3. The Hall–Kier alpha value is -1.47. The van der Waals surface area contributed by atoms with Gasteiger partial charge < -0.3 is 9.47 Å². The molecule has 1 aromatic rings. The molecule has 0 atom stereocenters. The molecule has 1 aliphatic rings. The van der Waals surface area contributed by atoms with Gasteiger partial charge >= 0.3 is 6.09 Å². The maximum atomic E-state index is 11.8. The molecule has 0 saturated carbocycles. The van der Waals surface area contributed by atoms with E-state index >= 15 is 0 Å². The minimum absolute atomic E-state index is 0.129. The van der Waals surface area contributed by atoms with Crippen LogP contribution < -0.4 is 5.32 Å². The third-order valence-corrected chi connectivity index (χ3v) is 3.39. The van der Waals surface area contributed by atoms with Gasteiger partial charge in [-0.1, -0.05) is 0 Å². The molecule has 1 N–H and O–H groups in total. The van der Waals surface area contributed by atoms with E-state index in [1.165, 1.54) is 0 Å². The van der Waals surface area contributed by atoms with Gasteiger partial charge in [-0.25, -0.2) is 9.78 Å². The topological polar surface area (TPSA) is 86.2 Å². The molecule has 22 heavy (non-hydrogen) atoms. The zero-order valence-corrected chi connectivity index (χ0v) is 13.8. The molecule has 1 fully saturated rings. The van der Waals surface area contributed by atoms with E-state index in [1.54, 1.807) is 20.8 Å². The summed E-state index contributed by atoms with van der Waals surface area (Å²) in [5, 5.41) is 10.5. The fraction of sp³-hybridized carbons (Fsp3) is 0.714. The average Bonchev–Trinajstić information content (AvgIpc) is 2.46. The third kappa shape index (κ3) is 4.78. The van der Waals surface area contributed by atoms with E-state index in [0.29, 0.717) is 18.9 Å². The molecular weight excluding hydrogens is 308 g/mol. The number of carbonyl (C=O) groups is 1. The Balaban J connectivity index is 2.14. The summed E-state index contributed by atoms with van der Waals surface area (Å²) < 4.78 is 10.5. The first kappa shape index (κ1) is 16.9. The van der Waals surface area contributed by atoms with Gasteiger partial charge in [0.2, 0.25) is 0 Å². The van der Waals surface area contributed by atoms with Crippen LogP contribution in [0.25, 0.3) is 0 Å². The van der Waals surface area contributed by atoms with Crippen LogP contribution in [0.4, 0.5) is 10.7 Å². The molecule has 7 nitrogen and oxygen atoms in total. The van der Waals surface area contributed by atoms with Gasteiger partial charge in [0.15, 0.2) is 0 Å². The van der Waals surface area contributed by atoms with Crippen LogP contribution in [0, 0.1) is 0 Å². The van der Waals surface area contributed by atoms with Crippen LogP contribution in [-0.2, 0) is 15.4 Å². The number of hydrogen-bond acceptors (Lipinski definition) is 6. The zero-order valence-electron chi connectivity index (χ0n) is 13.1. The molecule has 8 heteroatoms. The fourth-order valence-electron chi connectivity index (χ4n) is 2.20. The van der Waals surface area contributed by atoms with Gasteiger partial charge in [0.1, 0.15) is 5.60 Å². The van der Waals surface area contributed by atoms with Crippen LogP contribution in [0.1, 0.15) is 50.9 Å². The Kier molecular flexibility index (Phi) is 5.52. The highest BCUT2D eigenvalue weighted by molar-refractivity contribution is 6.16. The van der Waals surface area contributed by atoms with E-state index in [0.717, 1.165) is 18.5 Å². The molecule has 0 bridgehead atoms. The van der Waals surface area contributed by atoms with E-state index in [-0.39, 0.29) is 17.7 Å². The first-order chi connectivity index (χ1) is 10.4. The Bertz CT molecular complexity index is 527. The third-order valence-electron chi connectivity index (χ3n) is 3.13. The summed E-state index contributed by atoms with van der Waals surface area (Å²) in [5.41, 5.74) is 0.833. The lowest BCUT2D eigenvalue weighted by Crippen LogP contribution is -2.28. The largest absolute Gasteiger partial charge is 0.444 e. The summed E-state index contributed by atoms with van der Waals surface area (Å²) >= 11 is 5.91. The average molecular weight is 329 g/mol. The van der Waals surface area contributed by atoms with Crippen molar-refractivity contribution < 1.29 is 14.3 Å². The van der Waals surface area contributed by atoms with Crippen molar-refractivity contribution in [2.75, 3.05) is 18.5 Å². The quantitative estimate of drug-likeness (QED) is 0.859. The van der Waals surface area contributed by atoms with Gasteiger partial charge in [0, 0.05) is 19.1 Å². The highest BCUT2D eigenvalue weighted by atomic mass is 35.5. The summed E-state index contributed by atoms with van der Waals surface area (Å²) in [5.74, 6) is 0.584. The highest BCUT2D eigenvalue weighted by Gasteiger charge is 2.23. The molecule has 122 valence electrons. The van der Waals surface area contributed by atoms with Gasteiger partial charge in [-0.05, 0) is 33.6 Å². The van der Waals surface area contributed by atoms with Gasteiger partial charge in [-0.2, -0.15) is 0 Å². The molecule has 0 aliphatic carbocycles. The van der Waals surface area contributed by atoms with Crippen molar-refractivity contribution in [3.05, 3.63) is 11.4 Å². The van der Waals surface area contributed by atoms with Crippen molar-refractivity contribution in [3.8, 4) is 0 Å². The molecular formula is C14H21ClN4O3. The minimum Gasteiger partial charge on any atom is -0.444 e. The van der Waals surface area contributed by atoms with Crippen molar-refractivity contribution in [1.29, 1.82) is 0 Å². The lowest BCUT2D eigenvalue weighted by atomic mass is 9.95. The molecule has 1 aromatic heterocycles. The maximum Gasteiger partial charge on any atom is 0.414 e. The van der Waals surface area contributed by atoms with E-state index in [9.17, 15) is 4.79 Å². The van der Waals surface area contributed by atoms with E-state index < -0.39 is 11.7 Å².